The maximum absolute atomic E-state index is 12.5. The van der Waals surface area contributed by atoms with Gasteiger partial charge in [-0.15, -0.1) is 0 Å². The summed E-state index contributed by atoms with van der Waals surface area (Å²) >= 11 is 0. The standard InChI is InChI=1S/C18H15NO4/c1-22-12-5-3-11(4-6-12)17(20)18(21)15-10-19-16-8-7-13(23-2)9-14(15)16/h3-10,19H,1-2H3. The second kappa shape index (κ2) is 5.96. The van der Waals surface area contributed by atoms with Crippen molar-refractivity contribution in [2.45, 2.75) is 0 Å². The number of ether oxygens (including phenoxy) is 2. The first-order valence-corrected chi connectivity index (χ1v) is 7.02. The van der Waals surface area contributed by atoms with E-state index in [9.17, 15) is 9.59 Å². The topological polar surface area (TPSA) is 68.4 Å². The summed E-state index contributed by atoms with van der Waals surface area (Å²) in [6.07, 6.45) is 1.55. The lowest BCUT2D eigenvalue weighted by Crippen LogP contribution is -2.14. The fourth-order valence-electron chi connectivity index (χ4n) is 2.41. The van der Waals surface area contributed by atoms with Crippen LogP contribution in [0.4, 0.5) is 0 Å². The SMILES string of the molecule is COc1ccc(C(=O)C(=O)c2c[nH]c3ccc(OC)cc23)cc1. The lowest BCUT2D eigenvalue weighted by Gasteiger charge is -2.03. The van der Waals surface area contributed by atoms with Crippen molar-refractivity contribution in [2.75, 3.05) is 14.2 Å². The maximum atomic E-state index is 12.5. The number of hydrogen-bond donors (Lipinski definition) is 1. The van der Waals surface area contributed by atoms with Crippen LogP contribution in [0, 0.1) is 0 Å². The summed E-state index contributed by atoms with van der Waals surface area (Å²) in [5, 5.41) is 0.663. The van der Waals surface area contributed by atoms with Crippen LogP contribution in [0.25, 0.3) is 10.9 Å². The molecule has 23 heavy (non-hydrogen) atoms. The number of aromatic amines is 1. The third-order valence-corrected chi connectivity index (χ3v) is 3.69. The van der Waals surface area contributed by atoms with Crippen LogP contribution in [0.2, 0.25) is 0 Å². The molecule has 1 aromatic heterocycles. The van der Waals surface area contributed by atoms with Gasteiger partial charge in [0.2, 0.25) is 11.6 Å². The summed E-state index contributed by atoms with van der Waals surface area (Å²) in [6, 6.07) is 11.8. The number of H-pyrrole nitrogens is 1. The molecule has 0 amide bonds. The van der Waals surface area contributed by atoms with E-state index in [-0.39, 0.29) is 0 Å². The molecule has 0 unspecified atom stereocenters. The molecule has 0 atom stereocenters. The van der Waals surface area contributed by atoms with Crippen molar-refractivity contribution in [3.8, 4) is 11.5 Å². The van der Waals surface area contributed by atoms with E-state index < -0.39 is 11.6 Å². The van der Waals surface area contributed by atoms with Crippen LogP contribution < -0.4 is 9.47 Å². The van der Waals surface area contributed by atoms with Crippen LogP contribution in [0.3, 0.4) is 0 Å². The molecule has 5 nitrogen and oxygen atoms in total. The van der Waals surface area contributed by atoms with Gasteiger partial charge in [0.05, 0.1) is 19.8 Å². The Morgan fingerprint density at radius 1 is 0.870 bits per heavy atom. The Morgan fingerprint density at radius 3 is 2.17 bits per heavy atom. The van der Waals surface area contributed by atoms with Gasteiger partial charge in [0, 0.05) is 22.7 Å². The first kappa shape index (κ1) is 14.8. The van der Waals surface area contributed by atoms with E-state index in [1.807, 2.05) is 6.07 Å². The van der Waals surface area contributed by atoms with Crippen LogP contribution >= 0.6 is 0 Å². The highest BCUT2D eigenvalue weighted by Gasteiger charge is 2.21. The summed E-state index contributed by atoms with van der Waals surface area (Å²) in [6.45, 7) is 0. The molecule has 0 spiro atoms. The van der Waals surface area contributed by atoms with Gasteiger partial charge in [0.25, 0.3) is 0 Å². The van der Waals surface area contributed by atoms with Gasteiger partial charge >= 0.3 is 0 Å². The summed E-state index contributed by atoms with van der Waals surface area (Å²) in [4.78, 5) is 27.9. The van der Waals surface area contributed by atoms with Crippen LogP contribution in [0.1, 0.15) is 20.7 Å². The van der Waals surface area contributed by atoms with Crippen LogP contribution in [-0.4, -0.2) is 30.8 Å². The number of carbonyl (C=O) groups is 2. The third-order valence-electron chi connectivity index (χ3n) is 3.69. The van der Waals surface area contributed by atoms with Crippen LogP contribution in [0.15, 0.2) is 48.7 Å². The minimum Gasteiger partial charge on any atom is -0.497 e. The average molecular weight is 309 g/mol. The number of Topliss-reactive ketones (excluding diaryl/α,β-unsaturated/α-hetero) is 2. The molecule has 0 aliphatic rings. The molecule has 0 aliphatic carbocycles. The number of nitrogens with one attached hydrogen (secondary N) is 1. The fourth-order valence-corrected chi connectivity index (χ4v) is 2.41. The number of methoxy groups -OCH3 is 2. The number of aromatic nitrogens is 1. The lowest BCUT2D eigenvalue weighted by molar-refractivity contribution is 0.0818. The molecule has 2 aromatic carbocycles. The van der Waals surface area contributed by atoms with E-state index >= 15 is 0 Å². The number of rotatable bonds is 5. The molecular weight excluding hydrogens is 294 g/mol. The molecule has 0 radical (unpaired) electrons. The van der Waals surface area contributed by atoms with Crippen LogP contribution in [-0.2, 0) is 0 Å². The fraction of sp³-hybridized carbons (Fsp3) is 0.111. The van der Waals surface area contributed by atoms with Gasteiger partial charge in [-0.1, -0.05) is 0 Å². The van der Waals surface area contributed by atoms with E-state index in [1.165, 1.54) is 0 Å². The number of carbonyl (C=O) groups excluding carboxylic acids is 2. The van der Waals surface area contributed by atoms with Gasteiger partial charge in [0.15, 0.2) is 0 Å². The molecule has 3 rings (SSSR count). The minimum atomic E-state index is -0.560. The summed E-state index contributed by atoms with van der Waals surface area (Å²) < 4.78 is 10.2. The summed E-state index contributed by atoms with van der Waals surface area (Å²) in [7, 11) is 3.10. The molecule has 3 aromatic rings. The number of hydrogen-bond acceptors (Lipinski definition) is 4. The van der Waals surface area contributed by atoms with Crippen molar-refractivity contribution >= 4 is 22.5 Å². The van der Waals surface area contributed by atoms with Gasteiger partial charge in [-0.05, 0) is 42.5 Å². The average Bonchev–Trinajstić information content (AvgIpc) is 3.03. The molecule has 0 fully saturated rings. The Balaban J connectivity index is 1.97. The van der Waals surface area contributed by atoms with Crippen molar-refractivity contribution < 1.29 is 19.1 Å². The predicted octanol–water partition coefficient (Wildman–Crippen LogP) is 3.25. The highest BCUT2D eigenvalue weighted by atomic mass is 16.5. The van der Waals surface area contributed by atoms with E-state index in [0.29, 0.717) is 28.0 Å². The second-order valence-corrected chi connectivity index (χ2v) is 5.00. The molecule has 1 heterocycles. The largest absolute Gasteiger partial charge is 0.497 e. The predicted molar refractivity (Wildman–Crippen MR) is 86.5 cm³/mol. The monoisotopic (exact) mass is 309 g/mol. The zero-order valence-electron chi connectivity index (χ0n) is 12.8. The van der Waals surface area contributed by atoms with Gasteiger partial charge in [-0.2, -0.15) is 0 Å². The van der Waals surface area contributed by atoms with Gasteiger partial charge < -0.3 is 14.5 Å². The van der Waals surface area contributed by atoms with Crippen molar-refractivity contribution in [3.05, 3.63) is 59.8 Å². The normalized spacial score (nSPS) is 10.5. The molecule has 1 N–H and O–H groups in total. The second-order valence-electron chi connectivity index (χ2n) is 5.00. The van der Waals surface area contributed by atoms with Crippen molar-refractivity contribution in [2.24, 2.45) is 0 Å². The van der Waals surface area contributed by atoms with E-state index in [1.54, 1.807) is 56.8 Å². The van der Waals surface area contributed by atoms with Crippen molar-refractivity contribution in [3.63, 3.8) is 0 Å². The summed E-state index contributed by atoms with van der Waals surface area (Å²) in [5.41, 5.74) is 1.43. The molecule has 0 saturated heterocycles. The Morgan fingerprint density at radius 2 is 1.52 bits per heavy atom. The van der Waals surface area contributed by atoms with E-state index in [4.69, 9.17) is 9.47 Å². The first-order chi connectivity index (χ1) is 11.1. The van der Waals surface area contributed by atoms with Gasteiger partial charge in [0.1, 0.15) is 11.5 Å². The van der Waals surface area contributed by atoms with E-state index in [0.717, 1.165) is 5.52 Å². The van der Waals surface area contributed by atoms with Crippen molar-refractivity contribution in [1.82, 2.24) is 4.98 Å². The van der Waals surface area contributed by atoms with Crippen LogP contribution in [0.5, 0.6) is 11.5 Å². The smallest absolute Gasteiger partial charge is 0.235 e. The Kier molecular flexibility index (Phi) is 3.85. The molecular formula is C18H15NO4. The minimum absolute atomic E-state index is 0.327. The zero-order valence-corrected chi connectivity index (χ0v) is 12.8. The highest BCUT2D eigenvalue weighted by molar-refractivity contribution is 6.50. The molecule has 0 aliphatic heterocycles. The molecule has 0 saturated carbocycles. The molecule has 116 valence electrons. The van der Waals surface area contributed by atoms with Gasteiger partial charge in [-0.3, -0.25) is 9.59 Å². The van der Waals surface area contributed by atoms with E-state index in [2.05, 4.69) is 4.98 Å². The first-order valence-electron chi connectivity index (χ1n) is 7.02. The highest BCUT2D eigenvalue weighted by Crippen LogP contribution is 2.25. The Bertz CT molecular complexity index is 878. The molecule has 0 bridgehead atoms. The lowest BCUT2D eigenvalue weighted by atomic mass is 10.0. The maximum Gasteiger partial charge on any atom is 0.235 e. The van der Waals surface area contributed by atoms with Crippen molar-refractivity contribution in [1.29, 1.82) is 0 Å². The number of ketones is 2. The zero-order chi connectivity index (χ0) is 16.4. The van der Waals surface area contributed by atoms with Gasteiger partial charge in [-0.25, -0.2) is 0 Å². The third kappa shape index (κ3) is 2.68. The Hall–Kier alpha value is -3.08. The summed E-state index contributed by atoms with van der Waals surface area (Å²) in [5.74, 6) is 0.139. The quantitative estimate of drug-likeness (QED) is 0.580. The number of benzene rings is 2. The molecule has 5 heteroatoms. The number of fused-ring (bicyclic) bond motifs is 1. The Labute approximate surface area is 132 Å².